The van der Waals surface area contributed by atoms with Gasteiger partial charge in [-0.05, 0) is 62.2 Å². The van der Waals surface area contributed by atoms with Gasteiger partial charge in [0.25, 0.3) is 0 Å². The van der Waals surface area contributed by atoms with Crippen molar-refractivity contribution in [3.05, 3.63) is 71.9 Å². The first kappa shape index (κ1) is 21.4. The Morgan fingerprint density at radius 3 is 2.79 bits per heavy atom. The zero-order valence-electron chi connectivity index (χ0n) is 19.5. The van der Waals surface area contributed by atoms with Gasteiger partial charge in [0.15, 0.2) is 0 Å². The molecule has 170 valence electrons. The van der Waals surface area contributed by atoms with Crippen molar-refractivity contribution in [2.45, 2.75) is 32.2 Å². The van der Waals surface area contributed by atoms with Gasteiger partial charge in [-0.3, -0.25) is 9.88 Å². The molecule has 1 N–H and O–H groups in total. The maximum Gasteiger partial charge on any atom is 0.150 e. The number of ether oxygens (including phenoxy) is 1. The molecule has 0 saturated carbocycles. The number of nitrogens with one attached hydrogen (secondary N) is 1. The number of methoxy groups -OCH3 is 1. The van der Waals surface area contributed by atoms with Crippen LogP contribution in [-0.4, -0.2) is 44.6 Å². The molecule has 0 radical (unpaired) electrons. The number of anilines is 2. The van der Waals surface area contributed by atoms with Crippen LogP contribution < -0.4 is 10.1 Å². The van der Waals surface area contributed by atoms with Gasteiger partial charge in [-0.1, -0.05) is 6.07 Å². The second-order valence-electron chi connectivity index (χ2n) is 8.82. The lowest BCUT2D eigenvalue weighted by molar-refractivity contribution is 0.204. The first-order valence-corrected chi connectivity index (χ1v) is 11.5. The summed E-state index contributed by atoms with van der Waals surface area (Å²) < 4.78 is 7.59. The van der Waals surface area contributed by atoms with E-state index in [4.69, 9.17) is 9.72 Å². The van der Waals surface area contributed by atoms with Gasteiger partial charge in [-0.25, -0.2) is 9.97 Å². The first-order valence-electron chi connectivity index (χ1n) is 11.5. The van der Waals surface area contributed by atoms with Gasteiger partial charge in [0.2, 0.25) is 0 Å². The quantitative estimate of drug-likeness (QED) is 0.462. The molecule has 0 bridgehead atoms. The van der Waals surface area contributed by atoms with Crippen LogP contribution in [-0.2, 0) is 13.6 Å². The van der Waals surface area contributed by atoms with E-state index in [1.165, 1.54) is 16.5 Å². The van der Waals surface area contributed by atoms with Crippen LogP contribution >= 0.6 is 0 Å². The largest absolute Gasteiger partial charge is 0.497 e. The number of aromatic nitrogens is 4. The number of piperidine rings is 1. The normalized spacial score (nSPS) is 15.1. The third-order valence-corrected chi connectivity index (χ3v) is 6.59. The van der Waals surface area contributed by atoms with Gasteiger partial charge >= 0.3 is 0 Å². The predicted molar refractivity (Wildman–Crippen MR) is 131 cm³/mol. The topological polar surface area (TPSA) is 68.1 Å². The minimum atomic E-state index is 0.428. The van der Waals surface area contributed by atoms with E-state index >= 15 is 0 Å². The molecule has 1 aliphatic rings. The number of pyridine rings is 1. The molecule has 0 amide bonds. The number of rotatable bonds is 6. The van der Waals surface area contributed by atoms with E-state index in [-0.39, 0.29) is 0 Å². The van der Waals surface area contributed by atoms with Crippen molar-refractivity contribution in [2.24, 2.45) is 7.05 Å². The van der Waals surface area contributed by atoms with Gasteiger partial charge < -0.3 is 14.6 Å². The highest BCUT2D eigenvalue weighted by Gasteiger charge is 2.23. The standard InChI is InChI=1S/C26H30N6O/c1-18-5-4-10-28-26(18)30-25-15-27-14-23(29-25)19-8-11-32(12-9-19)17-20-16-31(2)24-13-21(33-3)6-7-22(20)24/h4-7,10,13-16,19H,8-9,11-12,17H2,1-3H3,(H,28,29,30). The summed E-state index contributed by atoms with van der Waals surface area (Å²) >= 11 is 0. The summed E-state index contributed by atoms with van der Waals surface area (Å²) in [6.45, 7) is 5.10. The number of hydrogen-bond donors (Lipinski definition) is 1. The van der Waals surface area contributed by atoms with Crippen LogP contribution in [0.1, 0.15) is 35.6 Å². The van der Waals surface area contributed by atoms with Crippen LogP contribution in [0.2, 0.25) is 0 Å². The molecule has 33 heavy (non-hydrogen) atoms. The Morgan fingerprint density at radius 1 is 1.15 bits per heavy atom. The second-order valence-corrected chi connectivity index (χ2v) is 8.82. The zero-order chi connectivity index (χ0) is 22.8. The summed E-state index contributed by atoms with van der Waals surface area (Å²) in [5, 5.41) is 4.62. The van der Waals surface area contributed by atoms with Crippen LogP contribution in [0.25, 0.3) is 10.9 Å². The fraction of sp³-hybridized carbons (Fsp3) is 0.346. The number of nitrogens with zero attached hydrogens (tertiary/aromatic N) is 5. The van der Waals surface area contributed by atoms with Crippen molar-refractivity contribution >= 4 is 22.5 Å². The van der Waals surface area contributed by atoms with Crippen LogP contribution in [0.15, 0.2) is 55.1 Å². The van der Waals surface area contributed by atoms with E-state index in [0.717, 1.165) is 61.1 Å². The van der Waals surface area contributed by atoms with E-state index in [0.29, 0.717) is 5.92 Å². The first-order chi connectivity index (χ1) is 16.1. The van der Waals surface area contributed by atoms with E-state index in [9.17, 15) is 0 Å². The van der Waals surface area contributed by atoms with Gasteiger partial charge in [0.1, 0.15) is 17.4 Å². The molecule has 1 aliphatic heterocycles. The highest BCUT2D eigenvalue weighted by Crippen LogP contribution is 2.30. The predicted octanol–water partition coefficient (Wildman–Crippen LogP) is 4.80. The van der Waals surface area contributed by atoms with Crippen molar-refractivity contribution < 1.29 is 4.74 Å². The molecule has 0 unspecified atom stereocenters. The number of benzene rings is 1. The van der Waals surface area contributed by atoms with Crippen LogP contribution in [0.5, 0.6) is 5.75 Å². The van der Waals surface area contributed by atoms with Crippen LogP contribution in [0.4, 0.5) is 11.6 Å². The Morgan fingerprint density at radius 2 is 2.00 bits per heavy atom. The molecule has 1 aromatic carbocycles. The molecule has 4 aromatic rings. The Labute approximate surface area is 194 Å². The summed E-state index contributed by atoms with van der Waals surface area (Å²) in [4.78, 5) is 16.2. The van der Waals surface area contributed by atoms with E-state index in [2.05, 4.69) is 50.1 Å². The Balaban J connectivity index is 1.24. The summed E-state index contributed by atoms with van der Waals surface area (Å²) in [6, 6.07) is 10.3. The Hall–Kier alpha value is -3.45. The summed E-state index contributed by atoms with van der Waals surface area (Å²) in [5.74, 6) is 2.90. The Bertz CT molecular complexity index is 1260. The molecule has 1 saturated heterocycles. The molecule has 7 heteroatoms. The smallest absolute Gasteiger partial charge is 0.150 e. The lowest BCUT2D eigenvalue weighted by Gasteiger charge is -2.31. The third-order valence-electron chi connectivity index (χ3n) is 6.59. The molecule has 0 aliphatic carbocycles. The van der Waals surface area contributed by atoms with Crippen LogP contribution in [0, 0.1) is 6.92 Å². The third kappa shape index (κ3) is 4.54. The van der Waals surface area contributed by atoms with E-state index in [1.807, 2.05) is 31.3 Å². The summed E-state index contributed by atoms with van der Waals surface area (Å²) in [6.07, 6.45) is 9.88. The SMILES string of the molecule is COc1ccc2c(CN3CCC(c4cncc(Nc5ncccc5C)n4)CC3)cn(C)c2c1. The highest BCUT2D eigenvalue weighted by atomic mass is 16.5. The average Bonchev–Trinajstić information content (AvgIpc) is 3.15. The van der Waals surface area contributed by atoms with Gasteiger partial charge in [0, 0.05) is 49.6 Å². The van der Waals surface area contributed by atoms with Crippen molar-refractivity contribution in [2.75, 3.05) is 25.5 Å². The fourth-order valence-corrected chi connectivity index (χ4v) is 4.70. The minimum Gasteiger partial charge on any atom is -0.497 e. The molecule has 0 atom stereocenters. The molecule has 7 nitrogen and oxygen atoms in total. The maximum absolute atomic E-state index is 5.39. The number of fused-ring (bicyclic) bond motifs is 1. The number of likely N-dealkylation sites (tertiary alicyclic amines) is 1. The second kappa shape index (κ2) is 9.19. The summed E-state index contributed by atoms with van der Waals surface area (Å²) in [5.41, 5.74) is 4.72. The number of aryl methyl sites for hydroxylation is 2. The molecule has 1 fully saturated rings. The van der Waals surface area contributed by atoms with Gasteiger partial charge in [-0.15, -0.1) is 0 Å². The lowest BCUT2D eigenvalue weighted by Crippen LogP contribution is -2.32. The fourth-order valence-electron chi connectivity index (χ4n) is 4.70. The molecule has 5 rings (SSSR count). The van der Waals surface area contributed by atoms with Crippen molar-refractivity contribution in [1.29, 1.82) is 0 Å². The molecule has 3 aromatic heterocycles. The summed E-state index contributed by atoms with van der Waals surface area (Å²) in [7, 11) is 3.81. The molecular weight excluding hydrogens is 412 g/mol. The minimum absolute atomic E-state index is 0.428. The van der Waals surface area contributed by atoms with Crippen molar-refractivity contribution in [1.82, 2.24) is 24.4 Å². The lowest BCUT2D eigenvalue weighted by atomic mass is 9.93. The van der Waals surface area contributed by atoms with E-state index in [1.54, 1.807) is 19.5 Å². The molecule has 0 spiro atoms. The average molecular weight is 443 g/mol. The van der Waals surface area contributed by atoms with E-state index < -0.39 is 0 Å². The molecular formula is C26H30N6O. The Kier molecular flexibility index (Phi) is 5.96. The van der Waals surface area contributed by atoms with Crippen LogP contribution in [0.3, 0.4) is 0 Å². The van der Waals surface area contributed by atoms with Gasteiger partial charge in [0.05, 0.1) is 24.5 Å². The maximum atomic E-state index is 5.39. The highest BCUT2D eigenvalue weighted by molar-refractivity contribution is 5.85. The van der Waals surface area contributed by atoms with Crippen molar-refractivity contribution in [3.8, 4) is 5.75 Å². The zero-order valence-corrected chi connectivity index (χ0v) is 19.5. The monoisotopic (exact) mass is 442 g/mol. The van der Waals surface area contributed by atoms with Crippen molar-refractivity contribution in [3.63, 3.8) is 0 Å². The number of hydrogen-bond acceptors (Lipinski definition) is 6. The molecule has 4 heterocycles. The van der Waals surface area contributed by atoms with Gasteiger partial charge in [-0.2, -0.15) is 0 Å².